The average Bonchev–Trinajstić information content (AvgIpc) is 2.40. The SMILES string of the molecule is COC(=O)Cc1cc(N2CCN(C)CC2)ccn1. The van der Waals surface area contributed by atoms with E-state index in [9.17, 15) is 4.79 Å². The van der Waals surface area contributed by atoms with Crippen molar-refractivity contribution in [3.8, 4) is 0 Å². The van der Waals surface area contributed by atoms with Gasteiger partial charge in [0.1, 0.15) is 0 Å². The van der Waals surface area contributed by atoms with Gasteiger partial charge in [-0.3, -0.25) is 9.78 Å². The van der Waals surface area contributed by atoms with E-state index in [0.717, 1.165) is 37.6 Å². The number of esters is 1. The molecular weight excluding hydrogens is 230 g/mol. The van der Waals surface area contributed by atoms with Gasteiger partial charge in [-0.25, -0.2) is 0 Å². The molecule has 1 aromatic rings. The number of aromatic nitrogens is 1. The van der Waals surface area contributed by atoms with E-state index in [-0.39, 0.29) is 12.4 Å². The van der Waals surface area contributed by atoms with Crippen molar-refractivity contribution in [2.24, 2.45) is 0 Å². The Labute approximate surface area is 107 Å². The minimum Gasteiger partial charge on any atom is -0.469 e. The first-order chi connectivity index (χ1) is 8.69. The second-order valence-corrected chi connectivity index (χ2v) is 4.55. The van der Waals surface area contributed by atoms with Crippen molar-refractivity contribution in [2.45, 2.75) is 6.42 Å². The molecule has 0 aromatic carbocycles. The van der Waals surface area contributed by atoms with E-state index in [1.54, 1.807) is 6.20 Å². The molecule has 5 nitrogen and oxygen atoms in total. The molecule has 2 heterocycles. The van der Waals surface area contributed by atoms with Gasteiger partial charge in [0.15, 0.2) is 0 Å². The number of carbonyl (C=O) groups excluding carboxylic acids is 1. The number of likely N-dealkylation sites (N-methyl/N-ethyl adjacent to an activating group) is 1. The minimum atomic E-state index is -0.252. The Balaban J connectivity index is 2.05. The van der Waals surface area contributed by atoms with Gasteiger partial charge in [0.2, 0.25) is 0 Å². The number of hydrogen-bond donors (Lipinski definition) is 0. The molecule has 98 valence electrons. The Kier molecular flexibility index (Phi) is 4.15. The van der Waals surface area contributed by atoms with Crippen LogP contribution in [0.15, 0.2) is 18.3 Å². The third kappa shape index (κ3) is 3.20. The third-order valence-corrected chi connectivity index (χ3v) is 3.22. The second-order valence-electron chi connectivity index (χ2n) is 4.55. The van der Waals surface area contributed by atoms with Crippen molar-refractivity contribution < 1.29 is 9.53 Å². The van der Waals surface area contributed by atoms with Crippen LogP contribution in [0.25, 0.3) is 0 Å². The lowest BCUT2D eigenvalue weighted by Crippen LogP contribution is -2.44. The van der Waals surface area contributed by atoms with Crippen molar-refractivity contribution in [3.63, 3.8) is 0 Å². The summed E-state index contributed by atoms with van der Waals surface area (Å²) in [5, 5.41) is 0. The number of pyridine rings is 1. The van der Waals surface area contributed by atoms with Crippen molar-refractivity contribution in [1.82, 2.24) is 9.88 Å². The highest BCUT2D eigenvalue weighted by Gasteiger charge is 2.15. The molecular formula is C13H19N3O2. The first kappa shape index (κ1) is 12.8. The van der Waals surface area contributed by atoms with Crippen LogP contribution in [0.4, 0.5) is 5.69 Å². The zero-order valence-corrected chi connectivity index (χ0v) is 10.9. The lowest BCUT2D eigenvalue weighted by molar-refractivity contribution is -0.139. The Bertz CT molecular complexity index is 414. The summed E-state index contributed by atoms with van der Waals surface area (Å²) in [6.45, 7) is 4.15. The molecule has 0 saturated carbocycles. The molecule has 1 aliphatic heterocycles. The van der Waals surface area contributed by atoms with Crippen molar-refractivity contribution in [3.05, 3.63) is 24.0 Å². The van der Waals surface area contributed by atoms with Crippen LogP contribution >= 0.6 is 0 Å². The van der Waals surface area contributed by atoms with Crippen LogP contribution in [0.2, 0.25) is 0 Å². The molecule has 0 bridgehead atoms. The van der Waals surface area contributed by atoms with Crippen molar-refractivity contribution >= 4 is 11.7 Å². The maximum atomic E-state index is 11.2. The summed E-state index contributed by atoms with van der Waals surface area (Å²) in [5.41, 5.74) is 1.90. The Morgan fingerprint density at radius 1 is 1.39 bits per heavy atom. The Morgan fingerprint density at radius 3 is 2.78 bits per heavy atom. The van der Waals surface area contributed by atoms with E-state index in [1.807, 2.05) is 12.1 Å². The molecule has 1 saturated heterocycles. The number of piperazine rings is 1. The van der Waals surface area contributed by atoms with E-state index in [2.05, 4.69) is 26.6 Å². The summed E-state index contributed by atoms with van der Waals surface area (Å²) in [6, 6.07) is 3.97. The number of rotatable bonds is 3. The fourth-order valence-corrected chi connectivity index (χ4v) is 2.04. The first-order valence-electron chi connectivity index (χ1n) is 6.14. The van der Waals surface area contributed by atoms with E-state index in [4.69, 9.17) is 0 Å². The number of hydrogen-bond acceptors (Lipinski definition) is 5. The smallest absolute Gasteiger partial charge is 0.311 e. The van der Waals surface area contributed by atoms with Crippen LogP contribution in [0.5, 0.6) is 0 Å². The van der Waals surface area contributed by atoms with Crippen molar-refractivity contribution in [1.29, 1.82) is 0 Å². The largest absolute Gasteiger partial charge is 0.469 e. The fraction of sp³-hybridized carbons (Fsp3) is 0.538. The predicted octanol–water partition coefficient (Wildman–Crippen LogP) is 0.549. The van der Waals surface area contributed by atoms with E-state index >= 15 is 0 Å². The first-order valence-corrected chi connectivity index (χ1v) is 6.14. The van der Waals surface area contributed by atoms with Gasteiger partial charge in [0, 0.05) is 38.1 Å². The lowest BCUT2D eigenvalue weighted by Gasteiger charge is -2.34. The van der Waals surface area contributed by atoms with E-state index in [1.165, 1.54) is 7.11 Å². The van der Waals surface area contributed by atoms with Crippen LogP contribution in [-0.4, -0.2) is 56.2 Å². The van der Waals surface area contributed by atoms with Gasteiger partial charge in [-0.2, -0.15) is 0 Å². The third-order valence-electron chi connectivity index (χ3n) is 3.22. The fourth-order valence-electron chi connectivity index (χ4n) is 2.04. The highest BCUT2D eigenvalue weighted by molar-refractivity contribution is 5.72. The lowest BCUT2D eigenvalue weighted by atomic mass is 10.2. The number of anilines is 1. The monoisotopic (exact) mass is 249 g/mol. The topological polar surface area (TPSA) is 45.7 Å². The summed E-state index contributed by atoms with van der Waals surface area (Å²) in [6.07, 6.45) is 1.99. The quantitative estimate of drug-likeness (QED) is 0.732. The molecule has 0 radical (unpaired) electrons. The molecule has 1 aliphatic rings. The summed E-state index contributed by atoms with van der Waals surface area (Å²) in [5.74, 6) is -0.252. The van der Waals surface area contributed by atoms with Gasteiger partial charge in [-0.1, -0.05) is 0 Å². The highest BCUT2D eigenvalue weighted by Crippen LogP contribution is 2.16. The maximum Gasteiger partial charge on any atom is 0.311 e. The average molecular weight is 249 g/mol. The van der Waals surface area contributed by atoms with Gasteiger partial charge >= 0.3 is 5.97 Å². The van der Waals surface area contributed by atoms with Gasteiger partial charge in [0.25, 0.3) is 0 Å². The number of carbonyl (C=O) groups is 1. The molecule has 18 heavy (non-hydrogen) atoms. The zero-order valence-electron chi connectivity index (χ0n) is 10.9. The maximum absolute atomic E-state index is 11.2. The van der Waals surface area contributed by atoms with Crippen LogP contribution in [-0.2, 0) is 16.0 Å². The summed E-state index contributed by atoms with van der Waals surface area (Å²) in [7, 11) is 3.53. The van der Waals surface area contributed by atoms with Crippen LogP contribution in [0.1, 0.15) is 5.69 Å². The number of ether oxygens (including phenoxy) is 1. The summed E-state index contributed by atoms with van der Waals surface area (Å²) >= 11 is 0. The van der Waals surface area contributed by atoms with Crippen LogP contribution in [0.3, 0.4) is 0 Å². The molecule has 5 heteroatoms. The molecule has 0 aliphatic carbocycles. The van der Waals surface area contributed by atoms with Crippen LogP contribution in [0, 0.1) is 0 Å². The molecule has 1 fully saturated rings. The summed E-state index contributed by atoms with van der Waals surface area (Å²) in [4.78, 5) is 20.1. The van der Waals surface area contributed by atoms with Gasteiger partial charge in [-0.05, 0) is 19.2 Å². The molecule has 0 unspecified atom stereocenters. The Morgan fingerprint density at radius 2 is 2.11 bits per heavy atom. The van der Waals surface area contributed by atoms with Crippen LogP contribution < -0.4 is 4.90 Å². The molecule has 0 atom stereocenters. The number of nitrogens with zero attached hydrogens (tertiary/aromatic N) is 3. The molecule has 0 spiro atoms. The zero-order chi connectivity index (χ0) is 13.0. The Hall–Kier alpha value is -1.62. The number of methoxy groups -OCH3 is 1. The van der Waals surface area contributed by atoms with Crippen molar-refractivity contribution in [2.75, 3.05) is 45.2 Å². The van der Waals surface area contributed by atoms with Gasteiger partial charge in [0.05, 0.1) is 19.2 Å². The van der Waals surface area contributed by atoms with Gasteiger partial charge < -0.3 is 14.5 Å². The molecule has 2 rings (SSSR count). The minimum absolute atomic E-state index is 0.234. The molecule has 0 amide bonds. The second kappa shape index (κ2) is 5.82. The predicted molar refractivity (Wildman–Crippen MR) is 69.7 cm³/mol. The summed E-state index contributed by atoms with van der Waals surface area (Å²) < 4.78 is 4.65. The highest BCUT2D eigenvalue weighted by atomic mass is 16.5. The standard InChI is InChI=1S/C13H19N3O2/c1-15-5-7-16(8-6-15)12-3-4-14-11(9-12)10-13(17)18-2/h3-4,9H,5-8,10H2,1-2H3. The van der Waals surface area contributed by atoms with Gasteiger partial charge in [-0.15, -0.1) is 0 Å². The normalized spacial score (nSPS) is 16.7. The van der Waals surface area contributed by atoms with E-state index in [0.29, 0.717) is 0 Å². The molecule has 1 aromatic heterocycles. The molecule has 0 N–H and O–H groups in total. The van der Waals surface area contributed by atoms with E-state index < -0.39 is 0 Å².